The SMILES string of the molecule is Nc1cncc(CCl)c1[N+](=O)[O-]. The predicted octanol–water partition coefficient (Wildman–Crippen LogP) is 1.31. The molecule has 0 unspecified atom stereocenters. The number of anilines is 1. The first-order valence-corrected chi connectivity index (χ1v) is 3.63. The van der Waals surface area contributed by atoms with Crippen LogP contribution in [0.5, 0.6) is 0 Å². The van der Waals surface area contributed by atoms with Crippen molar-refractivity contribution in [1.82, 2.24) is 4.98 Å². The standard InChI is InChI=1S/C6H6ClN3O2/c7-1-4-2-9-3-5(8)6(4)10(11)12/h2-3H,1,8H2. The molecule has 0 spiro atoms. The molecule has 0 bridgehead atoms. The van der Waals surface area contributed by atoms with Crippen molar-refractivity contribution in [2.75, 3.05) is 5.73 Å². The molecular weight excluding hydrogens is 182 g/mol. The summed E-state index contributed by atoms with van der Waals surface area (Å²) in [6.45, 7) is 0. The molecule has 0 radical (unpaired) electrons. The van der Waals surface area contributed by atoms with Crippen LogP contribution in [0.15, 0.2) is 12.4 Å². The number of halogens is 1. The van der Waals surface area contributed by atoms with Gasteiger partial charge in [-0.25, -0.2) is 0 Å². The monoisotopic (exact) mass is 187 g/mol. The van der Waals surface area contributed by atoms with E-state index >= 15 is 0 Å². The second-order valence-corrected chi connectivity index (χ2v) is 2.39. The summed E-state index contributed by atoms with van der Waals surface area (Å²) >= 11 is 5.45. The maximum atomic E-state index is 10.4. The number of hydrogen-bond acceptors (Lipinski definition) is 4. The molecule has 0 fully saturated rings. The Bertz CT molecular complexity index is 316. The summed E-state index contributed by atoms with van der Waals surface area (Å²) in [5.41, 5.74) is 5.56. The van der Waals surface area contributed by atoms with Gasteiger partial charge in [-0.1, -0.05) is 0 Å². The Kier molecular flexibility index (Phi) is 2.44. The maximum absolute atomic E-state index is 10.4. The lowest BCUT2D eigenvalue weighted by atomic mass is 10.2. The molecular formula is C6H6ClN3O2. The summed E-state index contributed by atoms with van der Waals surface area (Å²) in [5, 5.41) is 10.4. The Morgan fingerprint density at radius 3 is 2.75 bits per heavy atom. The molecule has 0 aliphatic carbocycles. The highest BCUT2D eigenvalue weighted by Crippen LogP contribution is 2.25. The van der Waals surface area contributed by atoms with Gasteiger partial charge in [0.2, 0.25) is 0 Å². The van der Waals surface area contributed by atoms with Gasteiger partial charge in [-0.2, -0.15) is 0 Å². The highest BCUT2D eigenvalue weighted by molar-refractivity contribution is 6.17. The minimum absolute atomic E-state index is 0.0361. The molecule has 0 aliphatic rings. The molecule has 1 rings (SSSR count). The van der Waals surface area contributed by atoms with Gasteiger partial charge in [0.05, 0.1) is 22.6 Å². The van der Waals surface area contributed by atoms with Gasteiger partial charge in [0.1, 0.15) is 5.69 Å². The second-order valence-electron chi connectivity index (χ2n) is 2.13. The van der Waals surface area contributed by atoms with Gasteiger partial charge in [0.15, 0.2) is 0 Å². The summed E-state index contributed by atoms with van der Waals surface area (Å²) in [4.78, 5) is 13.6. The zero-order valence-electron chi connectivity index (χ0n) is 6.03. The number of nitrogens with two attached hydrogens (primary N) is 1. The first-order chi connectivity index (χ1) is 5.66. The number of pyridine rings is 1. The van der Waals surface area contributed by atoms with Crippen LogP contribution >= 0.6 is 11.6 Å². The van der Waals surface area contributed by atoms with Crippen LogP contribution < -0.4 is 5.73 Å². The number of nitrogen functional groups attached to an aromatic ring is 1. The van der Waals surface area contributed by atoms with Crippen molar-refractivity contribution >= 4 is 23.0 Å². The van der Waals surface area contributed by atoms with Gasteiger partial charge < -0.3 is 5.73 Å². The third-order valence-electron chi connectivity index (χ3n) is 1.35. The molecule has 1 aromatic heterocycles. The minimum Gasteiger partial charge on any atom is -0.392 e. The Morgan fingerprint density at radius 2 is 2.33 bits per heavy atom. The van der Waals surface area contributed by atoms with E-state index in [0.29, 0.717) is 5.56 Å². The fourth-order valence-corrected chi connectivity index (χ4v) is 1.03. The van der Waals surface area contributed by atoms with Crippen molar-refractivity contribution in [2.45, 2.75) is 5.88 Å². The Hall–Kier alpha value is -1.36. The molecule has 0 aromatic carbocycles. The van der Waals surface area contributed by atoms with E-state index in [9.17, 15) is 10.1 Å². The molecule has 0 saturated heterocycles. The number of nitro groups is 1. The van der Waals surface area contributed by atoms with Gasteiger partial charge in [-0.05, 0) is 0 Å². The number of rotatable bonds is 2. The highest BCUT2D eigenvalue weighted by atomic mass is 35.5. The van der Waals surface area contributed by atoms with E-state index in [2.05, 4.69) is 4.98 Å². The molecule has 5 nitrogen and oxygen atoms in total. The first-order valence-electron chi connectivity index (χ1n) is 3.09. The molecule has 1 heterocycles. The molecule has 12 heavy (non-hydrogen) atoms. The summed E-state index contributed by atoms with van der Waals surface area (Å²) in [6, 6.07) is 0. The van der Waals surface area contributed by atoms with Gasteiger partial charge in [0, 0.05) is 6.20 Å². The van der Waals surface area contributed by atoms with Crippen molar-refractivity contribution in [3.8, 4) is 0 Å². The van der Waals surface area contributed by atoms with Crippen molar-refractivity contribution < 1.29 is 4.92 Å². The van der Waals surface area contributed by atoms with Crippen molar-refractivity contribution in [2.24, 2.45) is 0 Å². The summed E-state index contributed by atoms with van der Waals surface area (Å²) in [5.74, 6) is 0.0361. The minimum atomic E-state index is -0.561. The largest absolute Gasteiger partial charge is 0.392 e. The average Bonchev–Trinajstić information content (AvgIpc) is 2.03. The zero-order valence-corrected chi connectivity index (χ0v) is 6.78. The quantitative estimate of drug-likeness (QED) is 0.430. The van der Waals surface area contributed by atoms with E-state index in [1.807, 2.05) is 0 Å². The lowest BCUT2D eigenvalue weighted by molar-refractivity contribution is -0.384. The lowest BCUT2D eigenvalue weighted by Crippen LogP contribution is -2.00. The van der Waals surface area contributed by atoms with Crippen LogP contribution in [-0.2, 0) is 5.88 Å². The van der Waals surface area contributed by atoms with Crippen LogP contribution in [0.1, 0.15) is 5.56 Å². The number of alkyl halides is 1. The summed E-state index contributed by atoms with van der Waals surface area (Å²) in [7, 11) is 0. The molecule has 0 saturated carbocycles. The van der Waals surface area contributed by atoms with Gasteiger partial charge in [-0.15, -0.1) is 11.6 Å². The zero-order chi connectivity index (χ0) is 9.14. The number of aromatic nitrogens is 1. The molecule has 0 atom stereocenters. The molecule has 0 amide bonds. The van der Waals surface area contributed by atoms with E-state index in [1.54, 1.807) is 0 Å². The topological polar surface area (TPSA) is 82.0 Å². The summed E-state index contributed by atoms with van der Waals surface area (Å²) < 4.78 is 0. The number of hydrogen-bond donors (Lipinski definition) is 1. The molecule has 1 aromatic rings. The molecule has 6 heteroatoms. The molecule has 0 aliphatic heterocycles. The van der Waals surface area contributed by atoms with E-state index in [0.717, 1.165) is 0 Å². The smallest absolute Gasteiger partial charge is 0.299 e. The van der Waals surface area contributed by atoms with E-state index in [-0.39, 0.29) is 17.3 Å². The summed E-state index contributed by atoms with van der Waals surface area (Å²) in [6.07, 6.45) is 2.57. The van der Waals surface area contributed by atoms with Crippen molar-refractivity contribution in [3.05, 3.63) is 28.1 Å². The first kappa shape index (κ1) is 8.73. The third-order valence-corrected chi connectivity index (χ3v) is 1.64. The van der Waals surface area contributed by atoms with Gasteiger partial charge >= 0.3 is 0 Å². The van der Waals surface area contributed by atoms with Crippen LogP contribution in [0.2, 0.25) is 0 Å². The van der Waals surface area contributed by atoms with E-state index in [1.165, 1.54) is 12.4 Å². The van der Waals surface area contributed by atoms with E-state index in [4.69, 9.17) is 17.3 Å². The maximum Gasteiger partial charge on any atom is 0.299 e. The fraction of sp³-hybridized carbons (Fsp3) is 0.167. The predicted molar refractivity (Wildman–Crippen MR) is 44.9 cm³/mol. The molecule has 2 N–H and O–H groups in total. The Balaban J connectivity index is 3.29. The van der Waals surface area contributed by atoms with Crippen molar-refractivity contribution in [3.63, 3.8) is 0 Å². The number of nitrogens with zero attached hydrogens (tertiary/aromatic N) is 2. The van der Waals surface area contributed by atoms with Crippen LogP contribution in [0.3, 0.4) is 0 Å². The average molecular weight is 188 g/mol. The fourth-order valence-electron chi connectivity index (χ4n) is 0.836. The van der Waals surface area contributed by atoms with Crippen LogP contribution in [0.25, 0.3) is 0 Å². The third kappa shape index (κ3) is 1.45. The van der Waals surface area contributed by atoms with E-state index < -0.39 is 4.92 Å². The van der Waals surface area contributed by atoms with Crippen LogP contribution in [0.4, 0.5) is 11.4 Å². The lowest BCUT2D eigenvalue weighted by Gasteiger charge is -1.99. The van der Waals surface area contributed by atoms with Gasteiger partial charge in [-0.3, -0.25) is 15.1 Å². The Labute approximate surface area is 73.3 Å². The van der Waals surface area contributed by atoms with Crippen LogP contribution in [-0.4, -0.2) is 9.91 Å². The Morgan fingerprint density at radius 1 is 1.67 bits per heavy atom. The van der Waals surface area contributed by atoms with Gasteiger partial charge in [0.25, 0.3) is 5.69 Å². The molecule has 64 valence electrons. The highest BCUT2D eigenvalue weighted by Gasteiger charge is 2.16. The normalized spacial score (nSPS) is 9.75. The second kappa shape index (κ2) is 3.36. The van der Waals surface area contributed by atoms with Crippen LogP contribution in [0, 0.1) is 10.1 Å². The van der Waals surface area contributed by atoms with Crippen molar-refractivity contribution in [1.29, 1.82) is 0 Å².